The van der Waals surface area contributed by atoms with Crippen molar-refractivity contribution in [2.24, 2.45) is 0 Å². The molecule has 1 aromatic heterocycles. The van der Waals surface area contributed by atoms with Gasteiger partial charge in [-0.1, -0.05) is 30.3 Å². The smallest absolute Gasteiger partial charge is 0.0766 e. The number of aromatic nitrogens is 1. The van der Waals surface area contributed by atoms with E-state index in [2.05, 4.69) is 65.7 Å². The van der Waals surface area contributed by atoms with E-state index in [1.165, 1.54) is 24.1 Å². The van der Waals surface area contributed by atoms with Crippen LogP contribution in [0.3, 0.4) is 0 Å². The van der Waals surface area contributed by atoms with Gasteiger partial charge in [-0.15, -0.1) is 0 Å². The first-order valence-corrected chi connectivity index (χ1v) is 7.17. The summed E-state index contributed by atoms with van der Waals surface area (Å²) < 4.78 is 0. The Bertz CT molecular complexity index is 559. The van der Waals surface area contributed by atoms with Crippen LogP contribution >= 0.6 is 0 Å². The van der Waals surface area contributed by atoms with Crippen LogP contribution in [-0.2, 0) is 0 Å². The van der Waals surface area contributed by atoms with Crippen molar-refractivity contribution >= 4 is 11.4 Å². The molecule has 1 aliphatic carbocycles. The van der Waals surface area contributed by atoms with Gasteiger partial charge >= 0.3 is 0 Å². The molecule has 3 rings (SSSR count). The van der Waals surface area contributed by atoms with Crippen LogP contribution in [0.1, 0.15) is 24.3 Å². The molecule has 0 spiro atoms. The fraction of sp³-hybridized carbons (Fsp3) is 0.353. The zero-order chi connectivity index (χ0) is 13.9. The summed E-state index contributed by atoms with van der Waals surface area (Å²) in [6, 6.07) is 13.4. The summed E-state index contributed by atoms with van der Waals surface area (Å²) in [6.07, 6.45) is 6.16. The standard InChI is InChI=1S/C17H21N3/c1-20(2)17-8-9-18-12-16(17)19-15-10-14(11-15)13-6-4-3-5-7-13/h3-9,12,14-15,19H,10-11H2,1-2H3. The number of nitrogens with zero attached hydrogens (tertiary/aromatic N) is 2. The lowest BCUT2D eigenvalue weighted by atomic mass is 9.76. The summed E-state index contributed by atoms with van der Waals surface area (Å²) in [4.78, 5) is 6.35. The summed E-state index contributed by atoms with van der Waals surface area (Å²) in [5, 5.41) is 3.62. The summed E-state index contributed by atoms with van der Waals surface area (Å²) in [5.41, 5.74) is 3.79. The van der Waals surface area contributed by atoms with Crippen LogP contribution in [0.5, 0.6) is 0 Å². The number of hydrogen-bond donors (Lipinski definition) is 1. The van der Waals surface area contributed by atoms with Crippen LogP contribution in [0.25, 0.3) is 0 Å². The number of hydrogen-bond acceptors (Lipinski definition) is 3. The molecule has 0 amide bonds. The van der Waals surface area contributed by atoms with Gasteiger partial charge in [0, 0.05) is 26.3 Å². The first-order valence-electron chi connectivity index (χ1n) is 7.17. The fourth-order valence-corrected chi connectivity index (χ4v) is 2.84. The predicted molar refractivity (Wildman–Crippen MR) is 84.4 cm³/mol. The third kappa shape index (κ3) is 2.62. The van der Waals surface area contributed by atoms with Gasteiger partial charge in [0.05, 0.1) is 17.6 Å². The molecule has 1 saturated carbocycles. The second kappa shape index (κ2) is 5.53. The minimum absolute atomic E-state index is 0.558. The van der Waals surface area contributed by atoms with Crippen molar-refractivity contribution in [2.75, 3.05) is 24.3 Å². The van der Waals surface area contributed by atoms with Crippen molar-refractivity contribution in [2.45, 2.75) is 24.8 Å². The van der Waals surface area contributed by atoms with Crippen molar-refractivity contribution in [1.29, 1.82) is 0 Å². The Hall–Kier alpha value is -2.03. The van der Waals surface area contributed by atoms with E-state index in [4.69, 9.17) is 0 Å². The Morgan fingerprint density at radius 3 is 2.55 bits per heavy atom. The minimum atomic E-state index is 0.558. The van der Waals surface area contributed by atoms with Gasteiger partial charge in [0.25, 0.3) is 0 Å². The maximum atomic E-state index is 4.23. The van der Waals surface area contributed by atoms with E-state index in [1.54, 1.807) is 0 Å². The van der Waals surface area contributed by atoms with Crippen molar-refractivity contribution in [3.05, 3.63) is 54.4 Å². The van der Waals surface area contributed by atoms with Gasteiger partial charge in [0.2, 0.25) is 0 Å². The molecule has 0 bridgehead atoms. The second-order valence-electron chi connectivity index (χ2n) is 5.71. The molecule has 3 nitrogen and oxygen atoms in total. The van der Waals surface area contributed by atoms with Gasteiger partial charge in [0.15, 0.2) is 0 Å². The number of anilines is 2. The highest BCUT2D eigenvalue weighted by Crippen LogP contribution is 2.39. The van der Waals surface area contributed by atoms with E-state index in [-0.39, 0.29) is 0 Å². The lowest BCUT2D eigenvalue weighted by Crippen LogP contribution is -2.34. The fourth-order valence-electron chi connectivity index (χ4n) is 2.84. The summed E-state index contributed by atoms with van der Waals surface area (Å²) in [5.74, 6) is 0.702. The zero-order valence-electron chi connectivity index (χ0n) is 12.1. The summed E-state index contributed by atoms with van der Waals surface area (Å²) in [6.45, 7) is 0. The van der Waals surface area contributed by atoms with Crippen LogP contribution < -0.4 is 10.2 Å². The summed E-state index contributed by atoms with van der Waals surface area (Å²) >= 11 is 0. The molecule has 3 heteroatoms. The first kappa shape index (κ1) is 13.0. The monoisotopic (exact) mass is 267 g/mol. The molecule has 2 aromatic rings. The molecule has 20 heavy (non-hydrogen) atoms. The zero-order valence-corrected chi connectivity index (χ0v) is 12.1. The van der Waals surface area contributed by atoms with E-state index >= 15 is 0 Å². The van der Waals surface area contributed by atoms with Crippen molar-refractivity contribution in [1.82, 2.24) is 4.98 Å². The number of rotatable bonds is 4. The normalized spacial score (nSPS) is 21.1. The number of nitrogens with one attached hydrogen (secondary N) is 1. The van der Waals surface area contributed by atoms with Crippen LogP contribution in [0.4, 0.5) is 11.4 Å². The van der Waals surface area contributed by atoms with E-state index in [1.807, 2.05) is 12.4 Å². The lowest BCUT2D eigenvalue weighted by Gasteiger charge is -2.37. The molecule has 0 saturated heterocycles. The van der Waals surface area contributed by atoms with Gasteiger partial charge in [-0.2, -0.15) is 0 Å². The molecular formula is C17H21N3. The highest BCUT2D eigenvalue weighted by atomic mass is 15.1. The van der Waals surface area contributed by atoms with Gasteiger partial charge in [0.1, 0.15) is 0 Å². The maximum Gasteiger partial charge on any atom is 0.0766 e. The number of benzene rings is 1. The minimum Gasteiger partial charge on any atom is -0.379 e. The van der Waals surface area contributed by atoms with Crippen LogP contribution in [0.15, 0.2) is 48.8 Å². The topological polar surface area (TPSA) is 28.2 Å². The Morgan fingerprint density at radius 1 is 1.10 bits per heavy atom. The lowest BCUT2D eigenvalue weighted by molar-refractivity contribution is 0.374. The molecule has 0 unspecified atom stereocenters. The Labute approximate surface area is 120 Å². The van der Waals surface area contributed by atoms with Crippen LogP contribution in [0, 0.1) is 0 Å². The summed E-state index contributed by atoms with van der Waals surface area (Å²) in [7, 11) is 4.13. The molecule has 1 N–H and O–H groups in total. The van der Waals surface area contributed by atoms with Gasteiger partial charge in [-0.3, -0.25) is 4.98 Å². The average Bonchev–Trinajstić information content (AvgIpc) is 2.43. The average molecular weight is 267 g/mol. The first-order chi connectivity index (χ1) is 9.74. The number of pyridine rings is 1. The Balaban J connectivity index is 1.62. The SMILES string of the molecule is CN(C)c1ccncc1NC1CC(c2ccccc2)C1. The molecule has 1 aromatic carbocycles. The van der Waals surface area contributed by atoms with Gasteiger partial charge in [-0.25, -0.2) is 0 Å². The second-order valence-corrected chi connectivity index (χ2v) is 5.71. The van der Waals surface area contributed by atoms with E-state index < -0.39 is 0 Å². The van der Waals surface area contributed by atoms with Crippen LogP contribution in [-0.4, -0.2) is 25.1 Å². The third-order valence-corrected chi connectivity index (χ3v) is 4.05. The molecule has 0 radical (unpaired) electrons. The van der Waals surface area contributed by atoms with Gasteiger partial charge in [-0.05, 0) is 30.4 Å². The van der Waals surface area contributed by atoms with Crippen molar-refractivity contribution in [3.8, 4) is 0 Å². The molecular weight excluding hydrogens is 246 g/mol. The molecule has 0 aliphatic heterocycles. The molecule has 1 heterocycles. The highest BCUT2D eigenvalue weighted by Gasteiger charge is 2.30. The van der Waals surface area contributed by atoms with Gasteiger partial charge < -0.3 is 10.2 Å². The van der Waals surface area contributed by atoms with E-state index in [0.29, 0.717) is 12.0 Å². The third-order valence-electron chi connectivity index (χ3n) is 4.05. The van der Waals surface area contributed by atoms with E-state index in [0.717, 1.165) is 5.69 Å². The predicted octanol–water partition coefficient (Wildman–Crippen LogP) is 3.51. The molecule has 1 fully saturated rings. The van der Waals surface area contributed by atoms with Crippen LogP contribution in [0.2, 0.25) is 0 Å². The maximum absolute atomic E-state index is 4.23. The van der Waals surface area contributed by atoms with Crippen molar-refractivity contribution < 1.29 is 0 Å². The Morgan fingerprint density at radius 2 is 1.85 bits per heavy atom. The molecule has 1 aliphatic rings. The molecule has 0 atom stereocenters. The quantitative estimate of drug-likeness (QED) is 0.919. The van der Waals surface area contributed by atoms with Crippen molar-refractivity contribution in [3.63, 3.8) is 0 Å². The van der Waals surface area contributed by atoms with E-state index in [9.17, 15) is 0 Å². The molecule has 104 valence electrons. The Kier molecular flexibility index (Phi) is 3.59. The highest BCUT2D eigenvalue weighted by molar-refractivity contribution is 5.68. The largest absolute Gasteiger partial charge is 0.379 e.